The number of aromatic hydroxyl groups is 1. The molecule has 0 aliphatic heterocycles. The van der Waals surface area contributed by atoms with Crippen LogP contribution in [0.2, 0.25) is 0 Å². The molecule has 6 heteroatoms. The smallest absolute Gasteiger partial charge is 0.200 e. The van der Waals surface area contributed by atoms with Gasteiger partial charge in [0.1, 0.15) is 0 Å². The van der Waals surface area contributed by atoms with Gasteiger partial charge in [0.05, 0.1) is 6.10 Å². The Morgan fingerprint density at radius 2 is 1.50 bits per heavy atom. The lowest BCUT2D eigenvalue weighted by Crippen LogP contribution is -2.25. The second-order valence-corrected chi connectivity index (χ2v) is 9.56. The molecule has 0 saturated heterocycles. The van der Waals surface area contributed by atoms with Gasteiger partial charge in [-0.1, -0.05) is 61.9 Å². The van der Waals surface area contributed by atoms with E-state index in [-0.39, 0.29) is 29.1 Å². The molecule has 36 heavy (non-hydrogen) atoms. The van der Waals surface area contributed by atoms with E-state index in [1.54, 1.807) is 42.5 Å². The van der Waals surface area contributed by atoms with Gasteiger partial charge in [-0.25, -0.2) is 13.2 Å². The monoisotopic (exact) mass is 498 g/mol. The molecule has 2 nitrogen and oxygen atoms in total. The fraction of sp³-hybridized carbons (Fsp3) is 0.333. The molecule has 0 amide bonds. The zero-order chi connectivity index (χ0) is 25.8. The van der Waals surface area contributed by atoms with Crippen LogP contribution in [0.15, 0.2) is 48.5 Å². The summed E-state index contributed by atoms with van der Waals surface area (Å²) in [6.45, 7) is 2.04. The van der Waals surface area contributed by atoms with E-state index in [4.69, 9.17) is 0 Å². The number of aliphatic hydroxyl groups excluding tert-OH is 1. The highest BCUT2D eigenvalue weighted by atomic mass is 19.2. The van der Waals surface area contributed by atoms with Crippen LogP contribution in [0, 0.1) is 29.2 Å². The topological polar surface area (TPSA) is 40.5 Å². The maximum Gasteiger partial charge on any atom is 0.200 e. The Hall–Kier alpha value is -3.12. The summed E-state index contributed by atoms with van der Waals surface area (Å²) >= 11 is 0. The van der Waals surface area contributed by atoms with Gasteiger partial charge in [-0.05, 0) is 72.8 Å². The fourth-order valence-electron chi connectivity index (χ4n) is 5.09. The van der Waals surface area contributed by atoms with Gasteiger partial charge in [-0.2, -0.15) is 4.39 Å². The summed E-state index contributed by atoms with van der Waals surface area (Å²) in [5.41, 5.74) is 1.69. The van der Waals surface area contributed by atoms with E-state index in [1.807, 2.05) is 6.92 Å². The van der Waals surface area contributed by atoms with Gasteiger partial charge in [0.2, 0.25) is 5.82 Å². The fourth-order valence-corrected chi connectivity index (χ4v) is 5.09. The summed E-state index contributed by atoms with van der Waals surface area (Å²) in [6.07, 6.45) is 7.39. The summed E-state index contributed by atoms with van der Waals surface area (Å²) < 4.78 is 57.6. The van der Waals surface area contributed by atoms with Crippen molar-refractivity contribution < 1.29 is 27.8 Å². The molecule has 3 aromatic rings. The van der Waals surface area contributed by atoms with Crippen LogP contribution in [0.5, 0.6) is 5.75 Å². The maximum absolute atomic E-state index is 15.1. The van der Waals surface area contributed by atoms with E-state index in [1.165, 1.54) is 12.1 Å². The van der Waals surface area contributed by atoms with E-state index in [0.717, 1.165) is 44.6 Å². The summed E-state index contributed by atoms with van der Waals surface area (Å²) in [5.74, 6) is -4.75. The lowest BCUT2D eigenvalue weighted by Gasteiger charge is -2.32. The van der Waals surface area contributed by atoms with E-state index in [9.17, 15) is 19.0 Å². The van der Waals surface area contributed by atoms with E-state index >= 15 is 8.78 Å². The molecular formula is C30H30F4O2. The molecule has 1 fully saturated rings. The molecular weight excluding hydrogens is 468 g/mol. The molecule has 0 bridgehead atoms. The predicted molar refractivity (Wildman–Crippen MR) is 134 cm³/mol. The summed E-state index contributed by atoms with van der Waals surface area (Å²) in [5, 5.41) is 19.5. The summed E-state index contributed by atoms with van der Waals surface area (Å²) in [4.78, 5) is 0. The van der Waals surface area contributed by atoms with E-state index < -0.39 is 29.0 Å². The van der Waals surface area contributed by atoms with Gasteiger partial charge in [0.25, 0.3) is 0 Å². The van der Waals surface area contributed by atoms with E-state index in [0.29, 0.717) is 16.7 Å². The summed E-state index contributed by atoms with van der Waals surface area (Å²) in [6, 6.07) is 12.2. The second-order valence-electron chi connectivity index (χ2n) is 9.56. The average molecular weight is 499 g/mol. The molecule has 190 valence electrons. The van der Waals surface area contributed by atoms with Crippen molar-refractivity contribution in [3.8, 4) is 16.9 Å². The van der Waals surface area contributed by atoms with Crippen molar-refractivity contribution in [1.29, 1.82) is 0 Å². The highest BCUT2D eigenvalue weighted by Crippen LogP contribution is 2.40. The van der Waals surface area contributed by atoms with Gasteiger partial charge in [-0.15, -0.1) is 0 Å². The van der Waals surface area contributed by atoms with Crippen LogP contribution < -0.4 is 0 Å². The van der Waals surface area contributed by atoms with Gasteiger partial charge in [-0.3, -0.25) is 0 Å². The third-order valence-corrected chi connectivity index (χ3v) is 7.22. The quantitative estimate of drug-likeness (QED) is 0.254. The van der Waals surface area contributed by atoms with Gasteiger partial charge in [0, 0.05) is 11.1 Å². The molecule has 1 atom stereocenters. The van der Waals surface area contributed by atoms with Crippen LogP contribution >= 0.6 is 0 Å². The summed E-state index contributed by atoms with van der Waals surface area (Å²) in [7, 11) is 0. The molecule has 1 unspecified atom stereocenters. The minimum Gasteiger partial charge on any atom is -0.505 e. The Bertz CT molecular complexity index is 1230. The molecule has 1 aliphatic rings. The normalized spacial score (nSPS) is 19.1. The van der Waals surface area contributed by atoms with Crippen molar-refractivity contribution in [2.24, 2.45) is 5.92 Å². The van der Waals surface area contributed by atoms with Crippen molar-refractivity contribution in [3.63, 3.8) is 0 Å². The largest absolute Gasteiger partial charge is 0.505 e. The van der Waals surface area contributed by atoms with Crippen LogP contribution in [-0.2, 0) is 0 Å². The molecule has 0 spiro atoms. The van der Waals surface area contributed by atoms with Gasteiger partial charge >= 0.3 is 0 Å². The van der Waals surface area contributed by atoms with Crippen molar-refractivity contribution in [3.05, 3.63) is 88.5 Å². The number of halogens is 4. The lowest BCUT2D eigenvalue weighted by atomic mass is 9.75. The maximum atomic E-state index is 15.1. The number of phenols is 1. The van der Waals surface area contributed by atoms with Crippen LogP contribution in [0.3, 0.4) is 0 Å². The minimum absolute atomic E-state index is 0.0213. The molecule has 0 radical (unpaired) electrons. The molecule has 4 rings (SSSR count). The van der Waals surface area contributed by atoms with Gasteiger partial charge in [0.15, 0.2) is 23.2 Å². The minimum atomic E-state index is -1.31. The van der Waals surface area contributed by atoms with Crippen LogP contribution in [0.25, 0.3) is 23.3 Å². The number of hydrogen-bond donors (Lipinski definition) is 2. The van der Waals surface area contributed by atoms with Crippen LogP contribution in [-0.4, -0.2) is 16.3 Å². The van der Waals surface area contributed by atoms with Crippen molar-refractivity contribution >= 4 is 12.2 Å². The Kier molecular flexibility index (Phi) is 8.14. The molecule has 0 aromatic heterocycles. The third kappa shape index (κ3) is 5.49. The first-order chi connectivity index (χ1) is 17.3. The highest BCUT2D eigenvalue weighted by Gasteiger charge is 2.29. The Balaban J connectivity index is 1.47. The first-order valence-electron chi connectivity index (χ1n) is 12.4. The highest BCUT2D eigenvalue weighted by molar-refractivity contribution is 5.73. The zero-order valence-electron chi connectivity index (χ0n) is 20.2. The molecule has 1 saturated carbocycles. The van der Waals surface area contributed by atoms with Crippen molar-refractivity contribution in [2.75, 3.05) is 0 Å². The first-order valence-corrected chi connectivity index (χ1v) is 12.4. The van der Waals surface area contributed by atoms with Crippen molar-refractivity contribution in [2.45, 2.75) is 57.5 Å². The number of phenolic OH excluding ortho intramolecular Hbond substituents is 1. The molecule has 2 N–H and O–H groups in total. The first kappa shape index (κ1) is 26.0. The van der Waals surface area contributed by atoms with Crippen LogP contribution in [0.4, 0.5) is 17.6 Å². The lowest BCUT2D eigenvalue weighted by molar-refractivity contribution is 0.0727. The van der Waals surface area contributed by atoms with Crippen molar-refractivity contribution in [1.82, 2.24) is 0 Å². The van der Waals surface area contributed by atoms with Gasteiger partial charge < -0.3 is 10.2 Å². The second kappa shape index (κ2) is 11.3. The molecule has 3 aromatic carbocycles. The Morgan fingerprint density at radius 1 is 0.806 bits per heavy atom. The Morgan fingerprint density at radius 3 is 2.17 bits per heavy atom. The number of benzene rings is 3. The number of aliphatic hydroxyl groups is 1. The Labute approximate surface area is 208 Å². The SMILES string of the molecule is CCCC(O)C1CCC(c2ccc(-c3ccc(/C=C/c4ccc(O)c(F)c4F)cc3)c(F)c2F)CC1. The molecule has 0 heterocycles. The average Bonchev–Trinajstić information content (AvgIpc) is 2.89. The number of rotatable bonds is 7. The van der Waals surface area contributed by atoms with E-state index in [2.05, 4.69) is 0 Å². The third-order valence-electron chi connectivity index (χ3n) is 7.22. The standard InChI is InChI=1S/C30H30F4O2/c1-2-3-25(35)21-12-10-20(11-13-21)24-16-15-23(28(32)29(24)33)19-7-4-18(5-8-19)6-9-22-14-17-26(36)30(34)27(22)31/h4-9,14-17,20-21,25,35-36H,2-3,10-13H2,1H3/b9-6+. The number of hydrogen-bond acceptors (Lipinski definition) is 2. The van der Waals surface area contributed by atoms with Crippen LogP contribution in [0.1, 0.15) is 68.1 Å². The zero-order valence-corrected chi connectivity index (χ0v) is 20.2. The molecule has 1 aliphatic carbocycles. The predicted octanol–water partition coefficient (Wildman–Crippen LogP) is 8.22.